The van der Waals surface area contributed by atoms with Gasteiger partial charge in [0.25, 0.3) is 5.56 Å². The van der Waals surface area contributed by atoms with Crippen LogP contribution in [0.25, 0.3) is 0 Å². The van der Waals surface area contributed by atoms with Crippen molar-refractivity contribution in [3.05, 3.63) is 57.8 Å². The van der Waals surface area contributed by atoms with Gasteiger partial charge in [-0.15, -0.1) is 0 Å². The summed E-state index contributed by atoms with van der Waals surface area (Å²) in [5.41, 5.74) is 0.845. The smallest absolute Gasteiger partial charge is 0.372 e. The number of carbonyl (C=O) groups is 1. The lowest BCUT2D eigenvalue weighted by atomic mass is 10.1. The molecule has 0 aliphatic rings. The van der Waals surface area contributed by atoms with Gasteiger partial charge in [0.2, 0.25) is 5.82 Å². The Labute approximate surface area is 108 Å². The quantitative estimate of drug-likeness (QED) is 0.857. The Morgan fingerprint density at radius 2 is 2.05 bits per heavy atom. The van der Waals surface area contributed by atoms with E-state index in [9.17, 15) is 9.59 Å². The maximum absolute atomic E-state index is 11.3. The van der Waals surface area contributed by atoms with Gasteiger partial charge in [0.05, 0.1) is 12.8 Å². The molecule has 0 saturated heterocycles. The van der Waals surface area contributed by atoms with Crippen LogP contribution in [0, 0.1) is 0 Å². The number of carboxylic acids is 1. The summed E-state index contributed by atoms with van der Waals surface area (Å²) in [5.74, 6) is -0.876. The van der Waals surface area contributed by atoms with E-state index in [0.717, 1.165) is 11.3 Å². The lowest BCUT2D eigenvalue weighted by molar-refractivity contribution is 0.0682. The van der Waals surface area contributed by atoms with E-state index >= 15 is 0 Å². The van der Waals surface area contributed by atoms with Gasteiger partial charge in [-0.05, 0) is 17.7 Å². The fourth-order valence-corrected chi connectivity index (χ4v) is 1.65. The summed E-state index contributed by atoms with van der Waals surface area (Å²) in [6.45, 7) is 0. The van der Waals surface area contributed by atoms with Crippen LogP contribution in [0.4, 0.5) is 0 Å². The molecular weight excluding hydrogens is 248 g/mol. The lowest BCUT2D eigenvalue weighted by Gasteiger charge is -2.04. The zero-order valence-corrected chi connectivity index (χ0v) is 10.2. The summed E-state index contributed by atoms with van der Waals surface area (Å²) < 4.78 is 5.04. The van der Waals surface area contributed by atoms with Crippen molar-refractivity contribution in [3.63, 3.8) is 0 Å². The van der Waals surface area contributed by atoms with E-state index in [1.807, 2.05) is 12.1 Å². The topological polar surface area (TPSA) is 92.3 Å². The Hall–Kier alpha value is -2.63. The first-order valence-corrected chi connectivity index (χ1v) is 5.55. The molecule has 0 fully saturated rings. The summed E-state index contributed by atoms with van der Waals surface area (Å²) in [6.07, 6.45) is 0.383. The Balaban J connectivity index is 2.27. The van der Waals surface area contributed by atoms with Crippen molar-refractivity contribution < 1.29 is 14.6 Å². The van der Waals surface area contributed by atoms with Crippen molar-refractivity contribution in [1.29, 1.82) is 0 Å². The number of nitrogens with one attached hydrogen (secondary N) is 1. The second-order valence-corrected chi connectivity index (χ2v) is 3.92. The minimum absolute atomic E-state index is 0.351. The second-order valence-electron chi connectivity index (χ2n) is 3.92. The number of ether oxygens (including phenoxy) is 1. The summed E-state index contributed by atoms with van der Waals surface area (Å²) in [5, 5.41) is 8.82. The predicted molar refractivity (Wildman–Crippen MR) is 67.6 cm³/mol. The van der Waals surface area contributed by atoms with Crippen molar-refractivity contribution >= 4 is 5.97 Å². The normalized spacial score (nSPS) is 10.2. The second kappa shape index (κ2) is 5.34. The molecule has 2 rings (SSSR count). The third-order valence-electron chi connectivity index (χ3n) is 2.54. The number of aromatic carboxylic acids is 1. The average Bonchev–Trinajstić information content (AvgIpc) is 2.39. The number of H-pyrrole nitrogens is 1. The number of rotatable bonds is 4. The van der Waals surface area contributed by atoms with E-state index < -0.39 is 11.5 Å². The number of aromatic amines is 1. The third kappa shape index (κ3) is 3.19. The van der Waals surface area contributed by atoms with Gasteiger partial charge < -0.3 is 14.8 Å². The van der Waals surface area contributed by atoms with E-state index in [2.05, 4.69) is 9.97 Å². The number of hydrogen-bond acceptors (Lipinski definition) is 4. The minimum Gasteiger partial charge on any atom is -0.497 e. The number of aromatic nitrogens is 2. The van der Waals surface area contributed by atoms with Crippen molar-refractivity contribution in [3.8, 4) is 5.75 Å². The molecule has 98 valence electrons. The van der Waals surface area contributed by atoms with Crippen LogP contribution in [0.1, 0.15) is 21.9 Å². The summed E-state index contributed by atoms with van der Waals surface area (Å²) >= 11 is 0. The number of benzene rings is 1. The van der Waals surface area contributed by atoms with Gasteiger partial charge in [0, 0.05) is 12.5 Å². The Bertz CT molecular complexity index is 646. The molecule has 0 aliphatic carbocycles. The molecule has 0 aliphatic heterocycles. The Morgan fingerprint density at radius 3 is 2.63 bits per heavy atom. The van der Waals surface area contributed by atoms with Gasteiger partial charge in [-0.2, -0.15) is 0 Å². The van der Waals surface area contributed by atoms with Crippen LogP contribution in [0.2, 0.25) is 0 Å². The van der Waals surface area contributed by atoms with Gasteiger partial charge >= 0.3 is 5.97 Å². The Morgan fingerprint density at radius 1 is 1.37 bits per heavy atom. The predicted octanol–water partition coefficient (Wildman–Crippen LogP) is 1.07. The van der Waals surface area contributed by atoms with E-state index in [-0.39, 0.29) is 5.82 Å². The van der Waals surface area contributed by atoms with E-state index in [4.69, 9.17) is 9.84 Å². The van der Waals surface area contributed by atoms with E-state index in [1.54, 1.807) is 19.2 Å². The first-order valence-electron chi connectivity index (χ1n) is 5.55. The molecule has 0 unspecified atom stereocenters. The number of nitrogens with zero attached hydrogens (tertiary/aromatic N) is 1. The van der Waals surface area contributed by atoms with Gasteiger partial charge in [-0.1, -0.05) is 12.1 Å². The van der Waals surface area contributed by atoms with Crippen LogP contribution < -0.4 is 10.3 Å². The van der Waals surface area contributed by atoms with Crippen LogP contribution in [0.3, 0.4) is 0 Å². The molecule has 19 heavy (non-hydrogen) atoms. The average molecular weight is 260 g/mol. The minimum atomic E-state index is -1.26. The van der Waals surface area contributed by atoms with Crippen molar-refractivity contribution in [1.82, 2.24) is 9.97 Å². The highest BCUT2D eigenvalue weighted by Gasteiger charge is 2.08. The monoisotopic (exact) mass is 260 g/mol. The zero-order valence-electron chi connectivity index (χ0n) is 10.2. The van der Waals surface area contributed by atoms with Gasteiger partial charge in [-0.25, -0.2) is 9.78 Å². The van der Waals surface area contributed by atoms with Crippen LogP contribution in [-0.2, 0) is 6.42 Å². The largest absolute Gasteiger partial charge is 0.497 e. The van der Waals surface area contributed by atoms with Crippen LogP contribution >= 0.6 is 0 Å². The fraction of sp³-hybridized carbons (Fsp3) is 0.154. The van der Waals surface area contributed by atoms with E-state index in [0.29, 0.717) is 12.1 Å². The SMILES string of the molecule is COc1ccc(Cc2cc(=O)[nH]c(C(=O)O)n2)cc1. The highest BCUT2D eigenvalue weighted by Crippen LogP contribution is 2.13. The van der Waals surface area contributed by atoms with Gasteiger partial charge in [0.1, 0.15) is 5.75 Å². The van der Waals surface area contributed by atoms with Gasteiger partial charge in [-0.3, -0.25) is 4.79 Å². The van der Waals surface area contributed by atoms with E-state index in [1.165, 1.54) is 6.07 Å². The van der Waals surface area contributed by atoms with Crippen LogP contribution in [0.5, 0.6) is 5.75 Å². The molecule has 1 heterocycles. The van der Waals surface area contributed by atoms with Crippen molar-refractivity contribution in [2.75, 3.05) is 7.11 Å². The molecule has 0 saturated carbocycles. The standard InChI is InChI=1S/C13H12N2O4/c1-19-10-4-2-8(3-5-10)6-9-7-11(16)15-12(14-9)13(17)18/h2-5,7H,6H2,1H3,(H,17,18)(H,14,15,16). The molecule has 0 atom stereocenters. The highest BCUT2D eigenvalue weighted by atomic mass is 16.5. The third-order valence-corrected chi connectivity index (χ3v) is 2.54. The molecule has 2 aromatic rings. The zero-order chi connectivity index (χ0) is 13.8. The summed E-state index contributed by atoms with van der Waals surface area (Å²) in [4.78, 5) is 28.2. The number of carboxylic acid groups (broad SMARTS) is 1. The molecule has 0 bridgehead atoms. The molecule has 2 N–H and O–H groups in total. The summed E-state index contributed by atoms with van der Waals surface area (Å²) in [7, 11) is 1.58. The van der Waals surface area contributed by atoms with Crippen molar-refractivity contribution in [2.24, 2.45) is 0 Å². The molecule has 0 radical (unpaired) electrons. The van der Waals surface area contributed by atoms with Crippen molar-refractivity contribution in [2.45, 2.75) is 6.42 Å². The number of hydrogen-bond donors (Lipinski definition) is 2. The maximum Gasteiger partial charge on any atom is 0.372 e. The number of methoxy groups -OCH3 is 1. The molecule has 0 amide bonds. The molecular formula is C13H12N2O4. The van der Waals surface area contributed by atoms with Crippen LogP contribution in [0.15, 0.2) is 35.1 Å². The molecule has 6 nitrogen and oxygen atoms in total. The maximum atomic E-state index is 11.3. The first-order chi connectivity index (χ1) is 9.08. The molecule has 0 spiro atoms. The summed E-state index contributed by atoms with van der Waals surface area (Å²) in [6, 6.07) is 8.54. The fourth-order valence-electron chi connectivity index (χ4n) is 1.65. The first kappa shape index (κ1) is 12.8. The Kier molecular flexibility index (Phi) is 3.61. The molecule has 6 heteroatoms. The van der Waals surface area contributed by atoms with Gasteiger partial charge in [0.15, 0.2) is 0 Å². The lowest BCUT2D eigenvalue weighted by Crippen LogP contribution is -2.16. The molecule has 1 aromatic carbocycles. The molecule has 1 aromatic heterocycles. The van der Waals surface area contributed by atoms with Crippen LogP contribution in [-0.4, -0.2) is 28.2 Å². The highest BCUT2D eigenvalue weighted by molar-refractivity contribution is 5.82.